The molecule has 2 heterocycles. The van der Waals surface area contributed by atoms with Crippen LogP contribution < -0.4 is 5.69 Å². The molecule has 0 fully saturated rings. The average Bonchev–Trinajstić information content (AvgIpc) is 2.92. The number of fused-ring (bicyclic) bond motifs is 3. The van der Waals surface area contributed by atoms with Gasteiger partial charge in [0.1, 0.15) is 0 Å². The number of benzene rings is 2. The van der Waals surface area contributed by atoms with Crippen molar-refractivity contribution in [3.63, 3.8) is 0 Å². The minimum absolute atomic E-state index is 0.0714. The van der Waals surface area contributed by atoms with Crippen LogP contribution in [0.2, 0.25) is 0 Å². The van der Waals surface area contributed by atoms with E-state index in [-0.39, 0.29) is 12.3 Å². The van der Waals surface area contributed by atoms with Gasteiger partial charge in [-0.1, -0.05) is 30.3 Å². The molecule has 0 aliphatic carbocycles. The lowest BCUT2D eigenvalue weighted by molar-refractivity contribution is 0.282. The normalized spacial score (nSPS) is 11.4. The third-order valence-electron chi connectivity index (χ3n) is 4.06. The topological polar surface area (TPSA) is 59.5 Å². The lowest BCUT2D eigenvalue weighted by Crippen LogP contribution is -2.20. The first-order valence-electron chi connectivity index (χ1n) is 7.39. The highest BCUT2D eigenvalue weighted by Gasteiger charge is 2.13. The predicted octanol–water partition coefficient (Wildman–Crippen LogP) is 2.44. The van der Waals surface area contributed by atoms with Crippen molar-refractivity contribution in [2.24, 2.45) is 0 Å². The maximum absolute atomic E-state index is 12.9. The molecular formula is C18H15N3O2. The van der Waals surface area contributed by atoms with Crippen LogP contribution in [0.1, 0.15) is 11.1 Å². The van der Waals surface area contributed by atoms with E-state index in [2.05, 4.69) is 5.10 Å². The summed E-state index contributed by atoms with van der Waals surface area (Å²) in [6, 6.07) is 16.9. The lowest BCUT2D eigenvalue weighted by atomic mass is 10.1. The predicted molar refractivity (Wildman–Crippen MR) is 89.0 cm³/mol. The summed E-state index contributed by atoms with van der Waals surface area (Å²) in [5.74, 6) is 0. The molecule has 5 nitrogen and oxygen atoms in total. The Balaban J connectivity index is 2.08. The van der Waals surface area contributed by atoms with Crippen LogP contribution in [0.25, 0.3) is 22.2 Å². The summed E-state index contributed by atoms with van der Waals surface area (Å²) in [7, 11) is 0. The number of hydrogen-bond acceptors (Lipinski definition) is 3. The van der Waals surface area contributed by atoms with Gasteiger partial charge in [-0.25, -0.2) is 9.20 Å². The van der Waals surface area contributed by atoms with Gasteiger partial charge in [-0.3, -0.25) is 0 Å². The summed E-state index contributed by atoms with van der Waals surface area (Å²) in [6.07, 6.45) is 0. The smallest absolute Gasteiger partial charge is 0.355 e. The number of pyridine rings is 1. The first-order valence-corrected chi connectivity index (χ1v) is 7.39. The van der Waals surface area contributed by atoms with Gasteiger partial charge in [-0.05, 0) is 42.3 Å². The number of aryl methyl sites for hydroxylation is 1. The van der Waals surface area contributed by atoms with Crippen LogP contribution in [0.3, 0.4) is 0 Å². The fourth-order valence-electron chi connectivity index (χ4n) is 2.93. The third kappa shape index (κ3) is 2.05. The highest BCUT2D eigenvalue weighted by atomic mass is 16.3. The molecule has 0 saturated carbocycles. The summed E-state index contributed by atoms with van der Waals surface area (Å²) < 4.78 is 2.99. The Hall–Kier alpha value is -2.92. The van der Waals surface area contributed by atoms with Crippen molar-refractivity contribution in [3.8, 4) is 5.69 Å². The minimum Gasteiger partial charge on any atom is -0.392 e. The van der Waals surface area contributed by atoms with E-state index in [0.29, 0.717) is 11.3 Å². The Bertz CT molecular complexity index is 1090. The zero-order chi connectivity index (χ0) is 16.0. The van der Waals surface area contributed by atoms with Crippen molar-refractivity contribution in [1.82, 2.24) is 14.2 Å². The molecule has 114 valence electrons. The maximum atomic E-state index is 12.9. The molecule has 0 aliphatic rings. The average molecular weight is 305 g/mol. The van der Waals surface area contributed by atoms with Gasteiger partial charge in [-0.2, -0.15) is 4.68 Å². The van der Waals surface area contributed by atoms with Crippen LogP contribution in [0, 0.1) is 6.92 Å². The van der Waals surface area contributed by atoms with Gasteiger partial charge in [0.05, 0.1) is 17.8 Å². The molecule has 2 aromatic carbocycles. The highest BCUT2D eigenvalue weighted by Crippen LogP contribution is 2.19. The fraction of sp³-hybridized carbons (Fsp3) is 0.111. The van der Waals surface area contributed by atoms with Crippen LogP contribution in [0.15, 0.2) is 59.4 Å². The van der Waals surface area contributed by atoms with Crippen LogP contribution in [0.5, 0.6) is 0 Å². The van der Waals surface area contributed by atoms with Gasteiger partial charge in [0.25, 0.3) is 0 Å². The molecule has 0 amide bonds. The standard InChI is InChI=1S/C18H15N3O2/c1-12-9-17-19-21(14-6-4-5-13(10-14)11-22)18(23)20(17)16-8-3-2-7-15(12)16/h2-10,22H,11H2,1H3. The number of aliphatic hydroxyl groups excluding tert-OH is 1. The van der Waals surface area contributed by atoms with Crippen molar-refractivity contribution in [3.05, 3.63) is 76.2 Å². The third-order valence-corrected chi connectivity index (χ3v) is 4.06. The van der Waals surface area contributed by atoms with Crippen LogP contribution in [-0.2, 0) is 6.61 Å². The number of nitrogens with zero attached hydrogens (tertiary/aromatic N) is 3. The van der Waals surface area contributed by atoms with Crippen LogP contribution in [-0.4, -0.2) is 19.3 Å². The van der Waals surface area contributed by atoms with E-state index < -0.39 is 0 Å². The molecule has 1 N–H and O–H groups in total. The number of hydrogen-bond donors (Lipinski definition) is 1. The minimum atomic E-state index is -0.216. The van der Waals surface area contributed by atoms with Crippen molar-refractivity contribution >= 4 is 16.6 Å². The van der Waals surface area contributed by atoms with E-state index in [1.54, 1.807) is 16.5 Å². The summed E-state index contributed by atoms with van der Waals surface area (Å²) in [6.45, 7) is 1.94. The molecular weight excluding hydrogens is 290 g/mol. The monoisotopic (exact) mass is 305 g/mol. The number of rotatable bonds is 2. The molecule has 0 spiro atoms. The van der Waals surface area contributed by atoms with Gasteiger partial charge in [0, 0.05) is 5.39 Å². The fourth-order valence-corrected chi connectivity index (χ4v) is 2.93. The Morgan fingerprint density at radius 2 is 1.91 bits per heavy atom. The van der Waals surface area contributed by atoms with E-state index in [9.17, 15) is 9.90 Å². The van der Waals surface area contributed by atoms with Gasteiger partial charge < -0.3 is 5.11 Å². The Labute approximate surface area is 132 Å². The first kappa shape index (κ1) is 13.7. The molecule has 0 bridgehead atoms. The molecule has 4 aromatic rings. The van der Waals surface area contributed by atoms with Gasteiger partial charge in [0.15, 0.2) is 5.65 Å². The van der Waals surface area contributed by atoms with E-state index in [1.807, 2.05) is 49.4 Å². The van der Waals surface area contributed by atoms with Crippen LogP contribution in [0.4, 0.5) is 0 Å². The largest absolute Gasteiger partial charge is 0.392 e. The molecule has 0 saturated heterocycles. The van der Waals surface area contributed by atoms with Crippen molar-refractivity contribution in [1.29, 1.82) is 0 Å². The summed E-state index contributed by atoms with van der Waals surface area (Å²) in [4.78, 5) is 12.9. The van der Waals surface area contributed by atoms with Gasteiger partial charge >= 0.3 is 5.69 Å². The van der Waals surface area contributed by atoms with E-state index in [4.69, 9.17) is 0 Å². The number of para-hydroxylation sites is 1. The van der Waals surface area contributed by atoms with Gasteiger partial charge in [-0.15, -0.1) is 5.10 Å². The lowest BCUT2D eigenvalue weighted by Gasteiger charge is -2.03. The van der Waals surface area contributed by atoms with Gasteiger partial charge in [0.2, 0.25) is 0 Å². The SMILES string of the molecule is Cc1cc2nn(-c3cccc(CO)c3)c(=O)n2c2ccccc12. The zero-order valence-corrected chi connectivity index (χ0v) is 12.6. The second-order valence-electron chi connectivity index (χ2n) is 5.56. The quantitative estimate of drug-likeness (QED) is 0.619. The van der Waals surface area contributed by atoms with Crippen molar-refractivity contribution in [2.75, 3.05) is 0 Å². The molecule has 0 atom stereocenters. The molecule has 0 unspecified atom stereocenters. The number of aromatic nitrogens is 3. The molecule has 2 aromatic heterocycles. The highest BCUT2D eigenvalue weighted by molar-refractivity contribution is 5.85. The van der Waals surface area contributed by atoms with E-state index >= 15 is 0 Å². The maximum Gasteiger partial charge on any atom is 0.355 e. The summed E-state index contributed by atoms with van der Waals surface area (Å²) >= 11 is 0. The van der Waals surface area contributed by atoms with Crippen molar-refractivity contribution < 1.29 is 5.11 Å². The summed E-state index contributed by atoms with van der Waals surface area (Å²) in [5.41, 5.74) is 3.71. The Kier molecular flexibility index (Phi) is 3.02. The number of aliphatic hydroxyl groups is 1. The van der Waals surface area contributed by atoms with Crippen LogP contribution >= 0.6 is 0 Å². The van der Waals surface area contributed by atoms with E-state index in [1.165, 1.54) is 4.68 Å². The second kappa shape index (κ2) is 5.07. The molecule has 0 radical (unpaired) electrons. The second-order valence-corrected chi connectivity index (χ2v) is 5.56. The Morgan fingerprint density at radius 3 is 2.74 bits per heavy atom. The molecule has 23 heavy (non-hydrogen) atoms. The zero-order valence-electron chi connectivity index (χ0n) is 12.6. The Morgan fingerprint density at radius 1 is 1.09 bits per heavy atom. The summed E-state index contributed by atoms with van der Waals surface area (Å²) in [5, 5.41) is 14.8. The molecule has 4 rings (SSSR count). The first-order chi connectivity index (χ1) is 11.2. The molecule has 0 aliphatic heterocycles. The van der Waals surface area contributed by atoms with Crippen molar-refractivity contribution in [2.45, 2.75) is 13.5 Å². The van der Waals surface area contributed by atoms with E-state index in [0.717, 1.165) is 22.0 Å². The molecule has 5 heteroatoms.